The zero-order chi connectivity index (χ0) is 15.2. The first-order valence-corrected chi connectivity index (χ1v) is 7.49. The van der Waals surface area contributed by atoms with Crippen LogP contribution < -0.4 is 0 Å². The Bertz CT molecular complexity index is 566. The first kappa shape index (κ1) is 15.7. The van der Waals surface area contributed by atoms with Crippen LogP contribution in [0.4, 0.5) is 0 Å². The average Bonchev–Trinajstić information content (AvgIpc) is 3.05. The summed E-state index contributed by atoms with van der Waals surface area (Å²) in [5, 5.41) is 11.8. The normalized spacial score (nSPS) is 11.4. The van der Waals surface area contributed by atoms with E-state index in [0.717, 1.165) is 23.0 Å². The van der Waals surface area contributed by atoms with Gasteiger partial charge in [0.2, 0.25) is 0 Å². The van der Waals surface area contributed by atoms with E-state index in [-0.39, 0.29) is 6.54 Å². The number of thiazole rings is 1. The van der Waals surface area contributed by atoms with E-state index in [1.807, 2.05) is 41.4 Å². The summed E-state index contributed by atoms with van der Waals surface area (Å²) < 4.78 is 5.31. The minimum atomic E-state index is -0.824. The number of furan rings is 1. The van der Waals surface area contributed by atoms with Crippen LogP contribution in [-0.2, 0) is 11.3 Å². The van der Waals surface area contributed by atoms with E-state index < -0.39 is 5.97 Å². The third-order valence-corrected chi connectivity index (χ3v) is 3.80. The number of likely N-dealkylation sites (N-methyl/N-ethyl adjacent to an activating group) is 1. The Hall–Kier alpha value is -1.70. The van der Waals surface area contributed by atoms with E-state index in [2.05, 4.69) is 4.98 Å². The molecule has 0 aromatic carbocycles. The highest BCUT2D eigenvalue weighted by atomic mass is 32.1. The lowest BCUT2D eigenvalue weighted by molar-refractivity contribution is -0.138. The molecule has 0 radical (unpaired) electrons. The SMILES string of the molecule is CN(C)CCN(CC(=O)O)Cc1csc(-c2ccco2)n1. The van der Waals surface area contributed by atoms with E-state index in [9.17, 15) is 4.79 Å². The van der Waals surface area contributed by atoms with Gasteiger partial charge in [-0.25, -0.2) is 4.98 Å². The number of hydrogen-bond acceptors (Lipinski definition) is 6. The molecule has 0 amide bonds. The molecule has 2 aromatic heterocycles. The number of carboxylic acids is 1. The molecule has 7 heteroatoms. The summed E-state index contributed by atoms with van der Waals surface area (Å²) in [6.45, 7) is 2.04. The van der Waals surface area contributed by atoms with Gasteiger partial charge >= 0.3 is 5.97 Å². The number of carboxylic acid groups (broad SMARTS) is 1. The van der Waals surface area contributed by atoms with Crippen molar-refractivity contribution in [3.05, 3.63) is 29.5 Å². The monoisotopic (exact) mass is 309 g/mol. The summed E-state index contributed by atoms with van der Waals surface area (Å²) >= 11 is 1.50. The standard InChI is InChI=1S/C14H19N3O3S/c1-16(2)5-6-17(9-13(18)19)8-11-10-21-14(15-11)12-4-3-7-20-12/h3-4,7,10H,5-6,8-9H2,1-2H3,(H,18,19). The lowest BCUT2D eigenvalue weighted by Gasteiger charge is -2.21. The van der Waals surface area contributed by atoms with Crippen molar-refractivity contribution in [3.63, 3.8) is 0 Å². The van der Waals surface area contributed by atoms with Crippen molar-refractivity contribution >= 4 is 17.3 Å². The second kappa shape index (κ2) is 7.35. The van der Waals surface area contributed by atoms with Gasteiger partial charge in [-0.3, -0.25) is 9.69 Å². The summed E-state index contributed by atoms with van der Waals surface area (Å²) in [6, 6.07) is 3.69. The summed E-state index contributed by atoms with van der Waals surface area (Å²) in [7, 11) is 3.94. The van der Waals surface area contributed by atoms with Crippen LogP contribution in [0.25, 0.3) is 10.8 Å². The molecule has 0 unspecified atom stereocenters. The van der Waals surface area contributed by atoms with E-state index in [0.29, 0.717) is 13.1 Å². The molecular formula is C14H19N3O3S. The molecule has 2 heterocycles. The summed E-state index contributed by atoms with van der Waals surface area (Å²) in [6.07, 6.45) is 1.62. The molecule has 0 saturated heterocycles. The smallest absolute Gasteiger partial charge is 0.317 e. The minimum absolute atomic E-state index is 0.0153. The maximum Gasteiger partial charge on any atom is 0.317 e. The van der Waals surface area contributed by atoms with Gasteiger partial charge < -0.3 is 14.4 Å². The Balaban J connectivity index is 2.00. The van der Waals surface area contributed by atoms with Gasteiger partial charge in [0.05, 0.1) is 18.5 Å². The van der Waals surface area contributed by atoms with Crippen molar-refractivity contribution in [2.45, 2.75) is 6.54 Å². The van der Waals surface area contributed by atoms with E-state index in [1.165, 1.54) is 11.3 Å². The third-order valence-electron chi connectivity index (χ3n) is 2.89. The summed E-state index contributed by atoms with van der Waals surface area (Å²) in [5.74, 6) is -0.0837. The molecule has 2 aromatic rings. The van der Waals surface area contributed by atoms with Gasteiger partial charge in [-0.15, -0.1) is 11.3 Å². The van der Waals surface area contributed by atoms with Crippen molar-refractivity contribution in [2.24, 2.45) is 0 Å². The first-order chi connectivity index (χ1) is 10.0. The lowest BCUT2D eigenvalue weighted by atomic mass is 10.3. The van der Waals surface area contributed by atoms with Gasteiger partial charge in [-0.2, -0.15) is 0 Å². The molecule has 0 aliphatic heterocycles. The minimum Gasteiger partial charge on any atom is -0.480 e. The van der Waals surface area contributed by atoms with Crippen LogP contribution in [-0.4, -0.2) is 59.6 Å². The number of carbonyl (C=O) groups is 1. The van der Waals surface area contributed by atoms with Crippen LogP contribution in [0.3, 0.4) is 0 Å². The van der Waals surface area contributed by atoms with Crippen molar-refractivity contribution in [1.82, 2.24) is 14.8 Å². The second-order valence-corrected chi connectivity index (χ2v) is 5.89. The number of aromatic nitrogens is 1. The fourth-order valence-electron chi connectivity index (χ4n) is 1.87. The summed E-state index contributed by atoms with van der Waals surface area (Å²) in [5.41, 5.74) is 0.867. The predicted octanol–water partition coefficient (Wildman–Crippen LogP) is 1.85. The van der Waals surface area contributed by atoms with Crippen LogP contribution in [0.15, 0.2) is 28.2 Å². The Kier molecular flexibility index (Phi) is 5.49. The van der Waals surface area contributed by atoms with E-state index in [4.69, 9.17) is 9.52 Å². The van der Waals surface area contributed by atoms with Crippen molar-refractivity contribution < 1.29 is 14.3 Å². The Labute approximate surface area is 127 Å². The fraction of sp³-hybridized carbons (Fsp3) is 0.429. The van der Waals surface area contributed by atoms with Gasteiger partial charge in [-0.05, 0) is 26.2 Å². The van der Waals surface area contributed by atoms with E-state index >= 15 is 0 Å². The highest BCUT2D eigenvalue weighted by Gasteiger charge is 2.14. The topological polar surface area (TPSA) is 69.8 Å². The van der Waals surface area contributed by atoms with Crippen LogP contribution in [0.2, 0.25) is 0 Å². The zero-order valence-corrected chi connectivity index (χ0v) is 13.0. The fourth-order valence-corrected chi connectivity index (χ4v) is 2.65. The van der Waals surface area contributed by atoms with Gasteiger partial charge in [0, 0.05) is 25.0 Å². The van der Waals surface area contributed by atoms with Gasteiger partial charge in [-0.1, -0.05) is 0 Å². The average molecular weight is 309 g/mol. The molecule has 21 heavy (non-hydrogen) atoms. The van der Waals surface area contributed by atoms with Gasteiger partial charge in [0.25, 0.3) is 0 Å². The molecule has 0 bridgehead atoms. The molecule has 114 valence electrons. The summed E-state index contributed by atoms with van der Waals surface area (Å²) in [4.78, 5) is 19.4. The molecule has 0 spiro atoms. The lowest BCUT2D eigenvalue weighted by Crippen LogP contribution is -2.35. The predicted molar refractivity (Wildman–Crippen MR) is 81.3 cm³/mol. The molecule has 0 aliphatic rings. The quantitative estimate of drug-likeness (QED) is 0.802. The van der Waals surface area contributed by atoms with Gasteiger partial charge in [0.15, 0.2) is 10.8 Å². The molecule has 0 atom stereocenters. The number of hydrogen-bond donors (Lipinski definition) is 1. The van der Waals surface area contributed by atoms with E-state index in [1.54, 1.807) is 6.26 Å². The maximum atomic E-state index is 10.9. The molecule has 0 fully saturated rings. The Morgan fingerprint density at radius 2 is 2.24 bits per heavy atom. The molecule has 6 nitrogen and oxygen atoms in total. The Morgan fingerprint density at radius 1 is 1.43 bits per heavy atom. The highest BCUT2D eigenvalue weighted by Crippen LogP contribution is 2.24. The zero-order valence-electron chi connectivity index (χ0n) is 12.2. The van der Waals surface area contributed by atoms with Crippen LogP contribution >= 0.6 is 11.3 Å². The molecule has 0 aliphatic carbocycles. The molecule has 1 N–H and O–H groups in total. The maximum absolute atomic E-state index is 10.9. The largest absolute Gasteiger partial charge is 0.480 e. The van der Waals surface area contributed by atoms with Gasteiger partial charge in [0.1, 0.15) is 0 Å². The van der Waals surface area contributed by atoms with Crippen molar-refractivity contribution in [2.75, 3.05) is 33.7 Å². The second-order valence-electron chi connectivity index (χ2n) is 5.03. The molecule has 2 rings (SSSR count). The molecule has 0 saturated carbocycles. The highest BCUT2D eigenvalue weighted by molar-refractivity contribution is 7.13. The van der Waals surface area contributed by atoms with Crippen LogP contribution in [0, 0.1) is 0 Å². The van der Waals surface area contributed by atoms with Crippen LogP contribution in [0.5, 0.6) is 0 Å². The Morgan fingerprint density at radius 3 is 2.86 bits per heavy atom. The van der Waals surface area contributed by atoms with Crippen molar-refractivity contribution in [1.29, 1.82) is 0 Å². The number of aliphatic carboxylic acids is 1. The van der Waals surface area contributed by atoms with Crippen molar-refractivity contribution in [3.8, 4) is 10.8 Å². The first-order valence-electron chi connectivity index (χ1n) is 6.62. The number of rotatable bonds is 8. The molecular weight excluding hydrogens is 290 g/mol. The van der Waals surface area contributed by atoms with Crippen LogP contribution in [0.1, 0.15) is 5.69 Å². The third kappa shape index (κ3) is 4.96. The number of nitrogens with zero attached hydrogens (tertiary/aromatic N) is 3.